The number of hydrogen-bond donors (Lipinski definition) is 1. The zero-order chi connectivity index (χ0) is 33.1. The molecule has 1 radical (unpaired) electrons. The molecule has 4 aromatic heterocycles. The first kappa shape index (κ1) is 34.9. The smallest absolute Gasteiger partial charge is 0.162 e. The van der Waals surface area contributed by atoms with Crippen molar-refractivity contribution < 1.29 is 43.3 Å². The molecule has 7 heteroatoms. The van der Waals surface area contributed by atoms with Crippen LogP contribution in [-0.4, -0.2) is 15.9 Å². The van der Waals surface area contributed by atoms with Crippen molar-refractivity contribution in [1.29, 1.82) is 0 Å². The van der Waals surface area contributed by atoms with Crippen LogP contribution in [0.1, 0.15) is 58.9 Å². The van der Waals surface area contributed by atoms with E-state index < -0.39 is 0 Å². The molecule has 0 fully saturated rings. The molecule has 3 aromatic carbocycles. The van der Waals surface area contributed by atoms with Gasteiger partial charge in [-0.05, 0) is 61.9 Å². The molecule has 249 valence electrons. The van der Waals surface area contributed by atoms with Gasteiger partial charge in [-0.25, -0.2) is 0 Å². The second-order valence-electron chi connectivity index (χ2n) is 11.9. The fourth-order valence-corrected chi connectivity index (χ4v) is 6.38. The molecule has 0 amide bonds. The molecule has 0 unspecified atom stereocenters. The Balaban J connectivity index is 0.000000243. The van der Waals surface area contributed by atoms with Crippen molar-refractivity contribution in [2.75, 3.05) is 0 Å². The summed E-state index contributed by atoms with van der Waals surface area (Å²) in [6, 6.07) is 25.5. The minimum Gasteiger partial charge on any atom is -0.512 e. The molecule has 0 bridgehead atoms. The first-order valence-corrected chi connectivity index (χ1v) is 16.5. The van der Waals surface area contributed by atoms with E-state index >= 15 is 0 Å². The van der Waals surface area contributed by atoms with Crippen LogP contribution in [0.15, 0.2) is 104 Å². The van der Waals surface area contributed by atoms with Crippen LogP contribution in [0.3, 0.4) is 0 Å². The average Bonchev–Trinajstić information content (AvgIpc) is 3.81. The molecule has 0 aliphatic heterocycles. The van der Waals surface area contributed by atoms with Crippen molar-refractivity contribution in [2.45, 2.75) is 60.3 Å². The summed E-state index contributed by atoms with van der Waals surface area (Å²) >= 11 is 0. The Morgan fingerprint density at radius 2 is 1.50 bits per heavy atom. The molecule has 48 heavy (non-hydrogen) atoms. The van der Waals surface area contributed by atoms with Gasteiger partial charge in [0.2, 0.25) is 0 Å². The van der Waals surface area contributed by atoms with Gasteiger partial charge < -0.3 is 23.3 Å². The van der Waals surface area contributed by atoms with Crippen LogP contribution in [0.2, 0.25) is 0 Å². The van der Waals surface area contributed by atoms with Gasteiger partial charge in [-0.2, -0.15) is 0 Å². The van der Waals surface area contributed by atoms with E-state index in [1.165, 1.54) is 6.08 Å². The summed E-state index contributed by atoms with van der Waals surface area (Å²) in [5.74, 6) is 1.39. The number of carbonyl (C=O) groups is 1. The predicted octanol–water partition coefficient (Wildman–Crippen LogP) is 11.8. The number of pyridine rings is 1. The standard InChI is InChI=1S/C28H16NO3.C13H24O2.Ir/c1-16-18-6-2-4-8-23(18)31-27(16)17-10-12-29-22(14-17)21-15-25-20(11-13-30-25)26-19-7-3-5-9-24(19)32-28(21)26;1-5-10(6-2)12(14)9-13(15)11(7-3)8-4;/h2-14H,1H3;9-11,14H,5-8H2,1-4H3;/q-1;;/b;12-9-;. The summed E-state index contributed by atoms with van der Waals surface area (Å²) < 4.78 is 18.2. The number of aryl methyl sites for hydroxylation is 1. The third-order valence-corrected chi connectivity index (χ3v) is 9.20. The molecule has 7 rings (SSSR count). The van der Waals surface area contributed by atoms with E-state index in [4.69, 9.17) is 13.3 Å². The summed E-state index contributed by atoms with van der Waals surface area (Å²) in [5.41, 5.74) is 6.74. The van der Waals surface area contributed by atoms with E-state index in [-0.39, 0.29) is 43.5 Å². The number of aromatic nitrogens is 1. The SMILES string of the molecule is CCC(CC)C(=O)/C=C(\O)C(CC)CC.Cc1c(-c2ccnc(-c3[c-]c4occc4c4c3oc3ccccc34)c2)oc2ccccc12.[Ir]. The first-order chi connectivity index (χ1) is 22.9. The van der Waals surface area contributed by atoms with E-state index in [2.05, 4.69) is 30.1 Å². The summed E-state index contributed by atoms with van der Waals surface area (Å²) in [6.45, 7) is 10.2. The number of benzene rings is 3. The van der Waals surface area contributed by atoms with Crippen molar-refractivity contribution in [1.82, 2.24) is 4.98 Å². The zero-order valence-electron chi connectivity index (χ0n) is 27.9. The van der Waals surface area contributed by atoms with E-state index in [0.29, 0.717) is 5.58 Å². The maximum atomic E-state index is 11.7. The molecule has 0 spiro atoms. The van der Waals surface area contributed by atoms with Crippen LogP contribution in [0.25, 0.3) is 66.5 Å². The van der Waals surface area contributed by atoms with Crippen LogP contribution in [0.4, 0.5) is 0 Å². The van der Waals surface area contributed by atoms with E-state index in [9.17, 15) is 9.90 Å². The summed E-state index contributed by atoms with van der Waals surface area (Å²) in [4.78, 5) is 16.4. The van der Waals surface area contributed by atoms with E-state index in [1.54, 1.807) is 12.5 Å². The quantitative estimate of drug-likeness (QED) is 0.0886. The molecular weight excluding hydrogens is 779 g/mol. The van der Waals surface area contributed by atoms with Crippen LogP contribution in [-0.2, 0) is 24.9 Å². The van der Waals surface area contributed by atoms with Gasteiger partial charge >= 0.3 is 0 Å². The molecule has 0 aliphatic rings. The van der Waals surface area contributed by atoms with Crippen molar-refractivity contribution in [3.8, 4) is 22.6 Å². The molecule has 6 nitrogen and oxygen atoms in total. The third kappa shape index (κ3) is 6.62. The third-order valence-electron chi connectivity index (χ3n) is 9.20. The second kappa shape index (κ2) is 15.2. The van der Waals surface area contributed by atoms with Gasteiger partial charge in [0.25, 0.3) is 0 Å². The molecule has 0 aliphatic carbocycles. The fraction of sp³-hybridized carbons (Fsp3) is 0.268. The number of aliphatic hydroxyl groups excluding tert-OH is 1. The molecule has 0 saturated heterocycles. The average molecular weight is 819 g/mol. The number of ketones is 1. The minimum atomic E-state index is 0. The molecule has 4 heterocycles. The van der Waals surface area contributed by atoms with Crippen molar-refractivity contribution >= 4 is 49.7 Å². The first-order valence-electron chi connectivity index (χ1n) is 16.5. The number of aliphatic hydroxyl groups is 1. The molecule has 0 atom stereocenters. The van der Waals surface area contributed by atoms with Crippen molar-refractivity contribution in [3.05, 3.63) is 103 Å². The largest absolute Gasteiger partial charge is 0.512 e. The maximum Gasteiger partial charge on any atom is 0.162 e. The Kier molecular flexibility index (Phi) is 11.0. The number of hydrogen-bond acceptors (Lipinski definition) is 6. The van der Waals surface area contributed by atoms with E-state index in [1.807, 2.05) is 82.3 Å². The molecule has 0 saturated carbocycles. The summed E-state index contributed by atoms with van der Waals surface area (Å²) in [6.07, 6.45) is 8.39. The van der Waals surface area contributed by atoms with Crippen LogP contribution in [0.5, 0.6) is 0 Å². The Morgan fingerprint density at radius 3 is 2.17 bits per heavy atom. The number of rotatable bonds is 9. The van der Waals surface area contributed by atoms with Gasteiger partial charge in [0.15, 0.2) is 5.78 Å². The molecular formula is C41H40IrNO5-. The number of allylic oxidation sites excluding steroid dienone is 2. The van der Waals surface area contributed by atoms with Crippen LogP contribution >= 0.6 is 0 Å². The number of furan rings is 3. The van der Waals surface area contributed by atoms with Gasteiger partial charge in [0.1, 0.15) is 16.9 Å². The van der Waals surface area contributed by atoms with Gasteiger partial charge in [-0.1, -0.05) is 93.2 Å². The predicted molar refractivity (Wildman–Crippen MR) is 189 cm³/mol. The van der Waals surface area contributed by atoms with E-state index in [0.717, 1.165) is 92.1 Å². The number of para-hydroxylation sites is 2. The Hall–Kier alpha value is -4.45. The minimum absolute atomic E-state index is 0. The van der Waals surface area contributed by atoms with Crippen molar-refractivity contribution in [3.63, 3.8) is 0 Å². The topological polar surface area (TPSA) is 89.6 Å². The number of nitrogens with zero attached hydrogens (tertiary/aromatic N) is 1. The molecule has 1 N–H and O–H groups in total. The van der Waals surface area contributed by atoms with Crippen molar-refractivity contribution in [2.24, 2.45) is 11.8 Å². The normalized spacial score (nSPS) is 11.9. The molecule has 7 aromatic rings. The van der Waals surface area contributed by atoms with Gasteiger partial charge in [0.05, 0.1) is 23.2 Å². The Labute approximate surface area is 294 Å². The monoisotopic (exact) mass is 819 g/mol. The van der Waals surface area contributed by atoms with Gasteiger partial charge in [-0.15, -0.1) is 0 Å². The Bertz CT molecular complexity index is 2210. The second-order valence-corrected chi connectivity index (χ2v) is 11.9. The fourth-order valence-electron chi connectivity index (χ4n) is 6.38. The summed E-state index contributed by atoms with van der Waals surface area (Å²) in [5, 5.41) is 13.9. The number of carbonyl (C=O) groups excluding carboxylic acids is 1. The van der Waals surface area contributed by atoms with Crippen LogP contribution < -0.4 is 0 Å². The van der Waals surface area contributed by atoms with Gasteiger partial charge in [-0.3, -0.25) is 4.79 Å². The zero-order valence-corrected chi connectivity index (χ0v) is 30.3. The van der Waals surface area contributed by atoms with Crippen LogP contribution in [0, 0.1) is 24.8 Å². The van der Waals surface area contributed by atoms with Gasteiger partial charge in [0, 0.05) is 66.1 Å². The number of fused-ring (bicyclic) bond motifs is 6. The Morgan fingerprint density at radius 1 is 0.854 bits per heavy atom. The summed E-state index contributed by atoms with van der Waals surface area (Å²) in [7, 11) is 0. The maximum absolute atomic E-state index is 11.7.